The van der Waals surface area contributed by atoms with Crippen LogP contribution in [0.25, 0.3) is 10.4 Å². The van der Waals surface area contributed by atoms with Crippen LogP contribution in [0.15, 0.2) is 83.7 Å². The van der Waals surface area contributed by atoms with Crippen LogP contribution >= 0.6 is 22.9 Å². The minimum absolute atomic E-state index is 0.00719. The Kier molecular flexibility index (Phi) is 16.8. The molecule has 4 aromatic rings. The van der Waals surface area contributed by atoms with Crippen molar-refractivity contribution in [3.05, 3.63) is 105 Å². The average molecular weight is 1030 g/mol. The van der Waals surface area contributed by atoms with Crippen LogP contribution < -0.4 is 31.3 Å². The first-order chi connectivity index (χ1) is 34.0. The summed E-state index contributed by atoms with van der Waals surface area (Å²) in [6.07, 6.45) is 4.88. The second-order valence-electron chi connectivity index (χ2n) is 16.8. The third-order valence-corrected chi connectivity index (χ3v) is 15.3. The second-order valence-corrected chi connectivity index (χ2v) is 20.2. The normalized spacial score (nSPS) is 16.5. The standard InChI is InChI=1S/C47H50ClN9O12S2/c48-40-41(69-25-38(60)61)43(47(65)66)70-42(40)28-8-5-10-31(22-28)52-29-16-19-56(20-17-29)71(67,68)26-27-7-4-9-30(21-27)53-36(58)13-2-1-3-18-50-23-32(55-49)24-51-34-12-6-11-33-39(34)46(64)57(45(33)63)35-14-15-37(59)54-44(35)62/h4-12,21-23,29,35,49-52H,1-3,13-20,24-26H2,(H,53,58)(H,60,61)(H,65,66)(H,54,59,62)/b32-23-,55-49?. The third kappa shape index (κ3) is 12.8. The minimum Gasteiger partial charge on any atom is -0.479 e. The van der Waals surface area contributed by atoms with Gasteiger partial charge in [-0.1, -0.05) is 48.4 Å². The average Bonchev–Trinajstić information content (AvgIpc) is 3.80. The fourth-order valence-electron chi connectivity index (χ4n) is 8.36. The lowest BCUT2D eigenvalue weighted by Crippen LogP contribution is -2.54. The van der Waals surface area contributed by atoms with E-state index in [4.69, 9.17) is 27.0 Å². The Morgan fingerprint density at radius 3 is 2.42 bits per heavy atom. The van der Waals surface area contributed by atoms with Crippen LogP contribution in [0.4, 0.5) is 17.1 Å². The summed E-state index contributed by atoms with van der Waals surface area (Å²) in [5, 5.41) is 36.8. The van der Waals surface area contributed by atoms with Crippen molar-refractivity contribution in [1.82, 2.24) is 19.8 Å². The van der Waals surface area contributed by atoms with Gasteiger partial charge in [0.1, 0.15) is 11.1 Å². The van der Waals surface area contributed by atoms with Crippen molar-refractivity contribution < 1.29 is 56.9 Å². The highest BCUT2D eigenvalue weighted by molar-refractivity contribution is 7.88. The number of carboxylic acid groups (broad SMARTS) is 2. The number of carboxylic acids is 2. The van der Waals surface area contributed by atoms with Gasteiger partial charge in [0.2, 0.25) is 27.7 Å². The van der Waals surface area contributed by atoms with Gasteiger partial charge in [-0.05, 0) is 79.6 Å². The number of rotatable bonds is 23. The molecule has 3 aromatic carbocycles. The molecule has 0 bridgehead atoms. The van der Waals surface area contributed by atoms with Crippen molar-refractivity contribution >= 4 is 91.5 Å². The molecule has 374 valence electrons. The number of fused-ring (bicyclic) bond motifs is 1. The summed E-state index contributed by atoms with van der Waals surface area (Å²) in [5.74, 6) is -5.70. The van der Waals surface area contributed by atoms with E-state index in [9.17, 15) is 47.1 Å². The summed E-state index contributed by atoms with van der Waals surface area (Å²) >= 11 is 7.34. The molecule has 1 aromatic heterocycles. The van der Waals surface area contributed by atoms with Crippen molar-refractivity contribution in [1.29, 1.82) is 5.53 Å². The van der Waals surface area contributed by atoms with E-state index in [2.05, 4.69) is 31.7 Å². The first-order valence-electron chi connectivity index (χ1n) is 22.5. The van der Waals surface area contributed by atoms with Crippen molar-refractivity contribution in [2.45, 2.75) is 69.2 Å². The number of aliphatic carboxylic acids is 1. The number of nitrogens with zero attached hydrogens (tertiary/aromatic N) is 3. The summed E-state index contributed by atoms with van der Waals surface area (Å²) in [5.41, 5.74) is 10.8. The maximum atomic E-state index is 13.5. The number of unbranched alkanes of at least 4 members (excludes halogenated alkanes) is 2. The summed E-state index contributed by atoms with van der Waals surface area (Å²) in [7, 11) is -3.70. The van der Waals surface area contributed by atoms with Crippen LogP contribution in [0.5, 0.6) is 5.75 Å². The quantitative estimate of drug-likeness (QED) is 0.0236. The molecule has 21 nitrogen and oxygen atoms in total. The zero-order valence-electron chi connectivity index (χ0n) is 38.0. The molecule has 0 aliphatic carbocycles. The lowest BCUT2D eigenvalue weighted by molar-refractivity contribution is -0.139. The van der Waals surface area contributed by atoms with Gasteiger partial charge in [0, 0.05) is 61.8 Å². The number of aromatic carboxylic acids is 1. The van der Waals surface area contributed by atoms with Gasteiger partial charge in [-0.25, -0.2) is 27.8 Å². The Balaban J connectivity index is 0.809. The molecule has 2 fully saturated rings. The molecule has 0 spiro atoms. The SMILES string of the molecule is N=N/C(=C\NCCCCCC(=O)Nc1cccc(CS(=O)(=O)N2CCC(Nc3cccc(-c4sc(C(=O)O)c(OCC(=O)O)c4Cl)c3)CC2)c1)CNc1cccc2c1C(=O)N(C1CCC(=O)NC1=O)C2=O. The number of benzene rings is 3. The van der Waals surface area contributed by atoms with Gasteiger partial charge in [-0.3, -0.25) is 34.2 Å². The highest BCUT2D eigenvalue weighted by Crippen LogP contribution is 2.46. The number of halogens is 1. The van der Waals surface area contributed by atoms with E-state index in [1.165, 1.54) is 10.4 Å². The maximum Gasteiger partial charge on any atom is 0.349 e. The van der Waals surface area contributed by atoms with Crippen LogP contribution in [0.1, 0.15) is 87.3 Å². The number of anilines is 3. The number of amides is 5. The smallest absolute Gasteiger partial charge is 0.349 e. The molecule has 0 radical (unpaired) electrons. The molecule has 3 aliphatic rings. The highest BCUT2D eigenvalue weighted by Gasteiger charge is 2.45. The molecule has 71 heavy (non-hydrogen) atoms. The Morgan fingerprint density at radius 1 is 0.944 bits per heavy atom. The second kappa shape index (κ2) is 23.1. The van der Waals surface area contributed by atoms with Gasteiger partial charge in [0.05, 0.1) is 34.0 Å². The highest BCUT2D eigenvalue weighted by atomic mass is 35.5. The lowest BCUT2D eigenvalue weighted by Gasteiger charge is -2.32. The fraction of sp³-hybridized carbons (Fsp3) is 0.340. The maximum absolute atomic E-state index is 13.5. The number of nitrogens with one attached hydrogen (secondary N) is 6. The molecule has 2 saturated heterocycles. The van der Waals surface area contributed by atoms with Crippen molar-refractivity contribution in [3.63, 3.8) is 0 Å². The number of piperidine rings is 2. The Bertz CT molecular complexity index is 2900. The van der Waals surface area contributed by atoms with Crippen molar-refractivity contribution in [2.24, 2.45) is 5.11 Å². The van der Waals surface area contributed by atoms with Crippen LogP contribution in [-0.2, 0) is 35.0 Å². The van der Waals surface area contributed by atoms with Gasteiger partial charge < -0.3 is 36.2 Å². The molecule has 3 aliphatic heterocycles. The van der Waals surface area contributed by atoms with E-state index >= 15 is 0 Å². The first-order valence-corrected chi connectivity index (χ1v) is 25.4. The molecule has 24 heteroatoms. The Hall–Kier alpha value is -7.21. The Labute approximate surface area is 416 Å². The predicted molar refractivity (Wildman–Crippen MR) is 262 cm³/mol. The zero-order chi connectivity index (χ0) is 50.8. The number of thiophene rings is 1. The third-order valence-electron chi connectivity index (χ3n) is 11.8. The van der Waals surface area contributed by atoms with Gasteiger partial charge >= 0.3 is 11.9 Å². The largest absolute Gasteiger partial charge is 0.479 e. The molecular weight excluding hydrogens is 982 g/mol. The van der Waals surface area contributed by atoms with E-state index in [1.807, 2.05) is 6.07 Å². The number of imide groups is 2. The van der Waals surface area contributed by atoms with Crippen LogP contribution in [-0.4, -0.2) is 114 Å². The molecule has 0 saturated carbocycles. The fourth-order valence-corrected chi connectivity index (χ4v) is 11.3. The van der Waals surface area contributed by atoms with Crippen molar-refractivity contribution in [2.75, 3.05) is 48.7 Å². The van der Waals surface area contributed by atoms with Gasteiger partial charge in [0.25, 0.3) is 11.8 Å². The van der Waals surface area contributed by atoms with Crippen LogP contribution in [0.2, 0.25) is 5.02 Å². The van der Waals surface area contributed by atoms with Crippen LogP contribution in [0, 0.1) is 5.53 Å². The molecular formula is C47H50ClN9O12S2. The summed E-state index contributed by atoms with van der Waals surface area (Å²) < 4.78 is 33.7. The number of sulfonamides is 1. The summed E-state index contributed by atoms with van der Waals surface area (Å²) in [4.78, 5) is 87.3. The first kappa shape index (κ1) is 51.6. The van der Waals surface area contributed by atoms with E-state index in [-0.39, 0.29) is 83.4 Å². The van der Waals surface area contributed by atoms with E-state index in [0.29, 0.717) is 77.4 Å². The van der Waals surface area contributed by atoms with E-state index in [1.54, 1.807) is 60.8 Å². The van der Waals surface area contributed by atoms with Gasteiger partial charge in [-0.15, -0.1) is 11.3 Å². The number of carbonyl (C=O) groups is 7. The minimum atomic E-state index is -3.70. The lowest BCUT2D eigenvalue weighted by atomic mass is 10.0. The van der Waals surface area contributed by atoms with Crippen LogP contribution in [0.3, 0.4) is 0 Å². The van der Waals surface area contributed by atoms with E-state index in [0.717, 1.165) is 16.2 Å². The number of hydrogen-bond donors (Lipinski definition) is 8. The summed E-state index contributed by atoms with van der Waals surface area (Å²) in [6.45, 7) is 0.372. The molecule has 5 amide bonds. The van der Waals surface area contributed by atoms with Gasteiger partial charge in [-0.2, -0.15) is 5.11 Å². The number of hydrogen-bond acceptors (Lipinski definition) is 16. The summed E-state index contributed by atoms with van der Waals surface area (Å²) in [6, 6.07) is 17.4. The van der Waals surface area contributed by atoms with Gasteiger partial charge in [0.15, 0.2) is 17.2 Å². The molecule has 1 unspecified atom stereocenters. The molecule has 4 heterocycles. The predicted octanol–water partition coefficient (Wildman–Crippen LogP) is 6.11. The molecule has 7 rings (SSSR count). The molecule has 8 N–H and O–H groups in total. The molecule has 1 atom stereocenters. The Morgan fingerprint density at radius 2 is 1.69 bits per heavy atom. The monoisotopic (exact) mass is 1030 g/mol. The van der Waals surface area contributed by atoms with E-state index < -0.39 is 58.2 Å². The topological polar surface area (TPSA) is 306 Å². The zero-order valence-corrected chi connectivity index (χ0v) is 40.4. The van der Waals surface area contributed by atoms with Crippen molar-refractivity contribution in [3.8, 4) is 16.2 Å². The number of carbonyl (C=O) groups excluding carboxylic acids is 5. The number of ether oxygens (including phenoxy) is 1.